The molecule has 1 rings (SSSR count). The van der Waals surface area contributed by atoms with Crippen molar-refractivity contribution in [3.8, 4) is 5.75 Å². The molecule has 1 unspecified atom stereocenters. The van der Waals surface area contributed by atoms with E-state index in [2.05, 4.69) is 6.92 Å². The molecular weight excluding hydrogens is 228 g/mol. The van der Waals surface area contributed by atoms with Gasteiger partial charge in [-0.1, -0.05) is 38.0 Å². The van der Waals surface area contributed by atoms with Gasteiger partial charge in [-0.25, -0.2) is 0 Å². The predicted octanol–water partition coefficient (Wildman–Crippen LogP) is 3.83. The van der Waals surface area contributed by atoms with Crippen molar-refractivity contribution in [3.05, 3.63) is 29.8 Å². The van der Waals surface area contributed by atoms with Crippen molar-refractivity contribution in [2.24, 2.45) is 0 Å². The molecule has 0 spiro atoms. The van der Waals surface area contributed by atoms with Crippen LogP contribution < -0.4 is 4.74 Å². The fourth-order valence-electron chi connectivity index (χ4n) is 1.95. The number of benzene rings is 1. The van der Waals surface area contributed by atoms with E-state index in [4.69, 9.17) is 4.74 Å². The second-order valence-corrected chi connectivity index (χ2v) is 4.74. The number of aliphatic carboxylic acids is 1. The van der Waals surface area contributed by atoms with Crippen LogP contribution in [-0.4, -0.2) is 17.2 Å². The third-order valence-corrected chi connectivity index (χ3v) is 2.80. The molecule has 0 aromatic heterocycles. The van der Waals surface area contributed by atoms with Gasteiger partial charge >= 0.3 is 5.97 Å². The van der Waals surface area contributed by atoms with E-state index in [9.17, 15) is 9.90 Å². The van der Waals surface area contributed by atoms with E-state index in [-0.39, 0.29) is 6.10 Å². The molecule has 0 amide bonds. The van der Waals surface area contributed by atoms with E-state index in [0.717, 1.165) is 18.4 Å². The van der Waals surface area contributed by atoms with Crippen molar-refractivity contribution in [3.63, 3.8) is 0 Å². The zero-order chi connectivity index (χ0) is 13.5. The van der Waals surface area contributed by atoms with Crippen molar-refractivity contribution in [1.82, 2.24) is 0 Å². The fraction of sp³-hybridized carbons (Fsp3) is 0.533. The molecule has 0 bridgehead atoms. The van der Waals surface area contributed by atoms with Crippen LogP contribution in [0.4, 0.5) is 0 Å². The van der Waals surface area contributed by atoms with Crippen molar-refractivity contribution >= 4 is 5.97 Å². The Morgan fingerprint density at radius 3 is 2.56 bits per heavy atom. The largest absolute Gasteiger partial charge is 0.491 e. The highest BCUT2D eigenvalue weighted by Crippen LogP contribution is 2.31. The topological polar surface area (TPSA) is 46.5 Å². The maximum absolute atomic E-state index is 11.4. The normalized spacial score (nSPS) is 12.4. The van der Waals surface area contributed by atoms with E-state index in [1.54, 1.807) is 0 Å². The maximum Gasteiger partial charge on any atom is 0.311 e. The Balaban J connectivity index is 2.99. The second kappa shape index (κ2) is 7.04. The summed E-state index contributed by atoms with van der Waals surface area (Å²) in [4.78, 5) is 11.4. The minimum absolute atomic E-state index is 0.0479. The predicted molar refractivity (Wildman–Crippen MR) is 72.1 cm³/mol. The van der Waals surface area contributed by atoms with Gasteiger partial charge in [-0.15, -0.1) is 0 Å². The van der Waals surface area contributed by atoms with Gasteiger partial charge < -0.3 is 9.84 Å². The monoisotopic (exact) mass is 250 g/mol. The summed E-state index contributed by atoms with van der Waals surface area (Å²) in [6.07, 6.45) is 2.61. The average molecular weight is 250 g/mol. The summed E-state index contributed by atoms with van der Waals surface area (Å²) >= 11 is 0. The highest BCUT2D eigenvalue weighted by Gasteiger charge is 2.22. The first-order valence-electron chi connectivity index (χ1n) is 6.54. The van der Waals surface area contributed by atoms with Crippen LogP contribution in [0.1, 0.15) is 51.5 Å². The summed E-state index contributed by atoms with van der Waals surface area (Å²) in [5, 5.41) is 9.36. The van der Waals surface area contributed by atoms with Crippen LogP contribution in [0.3, 0.4) is 0 Å². The van der Waals surface area contributed by atoms with Gasteiger partial charge in [0.25, 0.3) is 0 Å². The van der Waals surface area contributed by atoms with Crippen LogP contribution in [0.2, 0.25) is 0 Å². The van der Waals surface area contributed by atoms with Gasteiger partial charge in [0.05, 0.1) is 12.0 Å². The fourth-order valence-corrected chi connectivity index (χ4v) is 1.95. The number of carboxylic acids is 1. The number of para-hydroxylation sites is 1. The Hall–Kier alpha value is -1.51. The molecule has 0 saturated carbocycles. The highest BCUT2D eigenvalue weighted by atomic mass is 16.5. The zero-order valence-electron chi connectivity index (χ0n) is 11.3. The van der Waals surface area contributed by atoms with Crippen LogP contribution >= 0.6 is 0 Å². The summed E-state index contributed by atoms with van der Waals surface area (Å²) in [6, 6.07) is 7.44. The van der Waals surface area contributed by atoms with Crippen LogP contribution in [-0.2, 0) is 4.79 Å². The number of ether oxygens (including phenoxy) is 1. The number of rotatable bonds is 7. The zero-order valence-corrected chi connectivity index (χ0v) is 11.3. The first kappa shape index (κ1) is 14.6. The van der Waals surface area contributed by atoms with Crippen LogP contribution in [0.15, 0.2) is 24.3 Å². The summed E-state index contributed by atoms with van der Waals surface area (Å²) in [5.74, 6) is -0.556. The summed E-state index contributed by atoms with van der Waals surface area (Å²) in [7, 11) is 0. The van der Waals surface area contributed by atoms with Gasteiger partial charge in [0.1, 0.15) is 5.75 Å². The lowest BCUT2D eigenvalue weighted by molar-refractivity contribution is -0.139. The Morgan fingerprint density at radius 1 is 1.33 bits per heavy atom. The van der Waals surface area contributed by atoms with Gasteiger partial charge in [0.15, 0.2) is 0 Å². The average Bonchev–Trinajstić information content (AvgIpc) is 2.30. The molecule has 1 N–H and O–H groups in total. The minimum atomic E-state index is -0.775. The molecule has 100 valence electrons. The first-order valence-corrected chi connectivity index (χ1v) is 6.54. The molecule has 0 radical (unpaired) electrons. The van der Waals surface area contributed by atoms with E-state index in [1.165, 1.54) is 0 Å². The molecule has 0 aliphatic carbocycles. The van der Waals surface area contributed by atoms with Gasteiger partial charge in [-0.05, 0) is 26.3 Å². The van der Waals surface area contributed by atoms with E-state index in [0.29, 0.717) is 12.2 Å². The SMILES string of the molecule is CCCCC(C(=O)O)c1ccccc1OC(C)C. The highest BCUT2D eigenvalue weighted by molar-refractivity contribution is 5.77. The number of hydrogen-bond donors (Lipinski definition) is 1. The van der Waals surface area contributed by atoms with E-state index < -0.39 is 11.9 Å². The number of carboxylic acid groups (broad SMARTS) is 1. The molecular formula is C15H22O3. The third-order valence-electron chi connectivity index (χ3n) is 2.80. The van der Waals surface area contributed by atoms with Gasteiger partial charge in [-0.2, -0.15) is 0 Å². The Kier molecular flexibility index (Phi) is 5.69. The lowest BCUT2D eigenvalue weighted by atomic mass is 9.93. The first-order chi connectivity index (χ1) is 8.56. The van der Waals surface area contributed by atoms with Crippen LogP contribution in [0, 0.1) is 0 Å². The number of hydrogen-bond acceptors (Lipinski definition) is 2. The molecule has 1 aromatic rings. The maximum atomic E-state index is 11.4. The minimum Gasteiger partial charge on any atom is -0.491 e. The Morgan fingerprint density at radius 2 is 2.00 bits per heavy atom. The van der Waals surface area contributed by atoms with Crippen molar-refractivity contribution in [1.29, 1.82) is 0 Å². The van der Waals surface area contributed by atoms with Crippen molar-refractivity contribution in [2.45, 2.75) is 52.1 Å². The Labute approximate surface area is 109 Å². The summed E-state index contributed by atoms with van der Waals surface area (Å²) < 4.78 is 5.69. The van der Waals surface area contributed by atoms with Crippen molar-refractivity contribution in [2.75, 3.05) is 0 Å². The quantitative estimate of drug-likeness (QED) is 0.800. The lowest BCUT2D eigenvalue weighted by Gasteiger charge is -2.18. The van der Waals surface area contributed by atoms with Crippen LogP contribution in [0.5, 0.6) is 5.75 Å². The summed E-state index contributed by atoms with van der Waals surface area (Å²) in [5.41, 5.74) is 0.784. The molecule has 0 heterocycles. The molecule has 0 aliphatic heterocycles. The molecule has 3 heteroatoms. The second-order valence-electron chi connectivity index (χ2n) is 4.74. The van der Waals surface area contributed by atoms with Crippen molar-refractivity contribution < 1.29 is 14.6 Å². The standard InChI is InChI=1S/C15H22O3/c1-4-5-8-13(15(16)17)12-9-6-7-10-14(12)18-11(2)3/h6-7,9-11,13H,4-5,8H2,1-3H3,(H,16,17). The number of carbonyl (C=O) groups is 1. The smallest absolute Gasteiger partial charge is 0.311 e. The lowest BCUT2D eigenvalue weighted by Crippen LogP contribution is -2.15. The van der Waals surface area contributed by atoms with Crippen LogP contribution in [0.25, 0.3) is 0 Å². The molecule has 0 fully saturated rings. The van der Waals surface area contributed by atoms with E-state index >= 15 is 0 Å². The molecule has 0 saturated heterocycles. The molecule has 0 aliphatic rings. The summed E-state index contributed by atoms with van der Waals surface area (Å²) in [6.45, 7) is 5.95. The van der Waals surface area contributed by atoms with Gasteiger partial charge in [-0.3, -0.25) is 4.79 Å². The molecule has 18 heavy (non-hydrogen) atoms. The number of unbranched alkanes of at least 4 members (excludes halogenated alkanes) is 1. The Bertz CT molecular complexity index is 385. The van der Waals surface area contributed by atoms with E-state index in [1.807, 2.05) is 38.1 Å². The molecule has 1 aromatic carbocycles. The van der Waals surface area contributed by atoms with Gasteiger partial charge in [0.2, 0.25) is 0 Å². The van der Waals surface area contributed by atoms with Gasteiger partial charge in [0, 0.05) is 5.56 Å². The molecule has 3 nitrogen and oxygen atoms in total. The third kappa shape index (κ3) is 4.06. The molecule has 1 atom stereocenters.